The number of ether oxygens (including phenoxy) is 1. The van der Waals surface area contributed by atoms with Crippen molar-refractivity contribution < 1.29 is 9.13 Å². The third-order valence-corrected chi connectivity index (χ3v) is 7.42. The van der Waals surface area contributed by atoms with Crippen molar-refractivity contribution in [3.05, 3.63) is 108 Å². The second-order valence-corrected chi connectivity index (χ2v) is 10.1. The number of benzene rings is 4. The van der Waals surface area contributed by atoms with Crippen molar-refractivity contribution in [2.45, 2.75) is 9.79 Å². The Hall–Kier alpha value is -4.20. The standard InChI is InChI=1S/C30H20ClFN4OS/c1-37-26-17-20(32)16-25-28(26)27(14-15-33-25)38-22-12-10-21(11-13-22)34-30-24-5-3-2-4-23(24)29(35-36-30)18-6-8-19(31)9-7-18/h2-17H,1H3,(H,34,36). The maximum absolute atomic E-state index is 13.9. The lowest BCUT2D eigenvalue weighted by Crippen LogP contribution is -1.99. The van der Waals surface area contributed by atoms with E-state index in [0.717, 1.165) is 42.9 Å². The van der Waals surface area contributed by atoms with Crippen molar-refractivity contribution in [1.29, 1.82) is 0 Å². The topological polar surface area (TPSA) is 59.9 Å². The summed E-state index contributed by atoms with van der Waals surface area (Å²) < 4.78 is 19.4. The van der Waals surface area contributed by atoms with Gasteiger partial charge in [-0.1, -0.05) is 59.8 Å². The van der Waals surface area contributed by atoms with E-state index < -0.39 is 0 Å². The molecule has 5 nitrogen and oxygen atoms in total. The van der Waals surface area contributed by atoms with Gasteiger partial charge in [0, 0.05) is 55.2 Å². The van der Waals surface area contributed by atoms with Crippen LogP contribution in [0.3, 0.4) is 0 Å². The summed E-state index contributed by atoms with van der Waals surface area (Å²) in [6.45, 7) is 0. The summed E-state index contributed by atoms with van der Waals surface area (Å²) in [5.74, 6) is 0.753. The Labute approximate surface area is 227 Å². The van der Waals surface area contributed by atoms with Gasteiger partial charge in [-0.25, -0.2) is 4.39 Å². The molecular weight excluding hydrogens is 519 g/mol. The number of nitrogens with one attached hydrogen (secondary N) is 1. The molecule has 0 spiro atoms. The van der Waals surface area contributed by atoms with Gasteiger partial charge >= 0.3 is 0 Å². The predicted octanol–water partition coefficient (Wildman–Crippen LogP) is 8.54. The Morgan fingerprint density at radius 2 is 1.63 bits per heavy atom. The third-order valence-electron chi connectivity index (χ3n) is 6.10. The van der Waals surface area contributed by atoms with Crippen molar-refractivity contribution in [1.82, 2.24) is 15.2 Å². The minimum absolute atomic E-state index is 0.378. The number of rotatable bonds is 6. The summed E-state index contributed by atoms with van der Waals surface area (Å²) in [5, 5.41) is 15.8. The number of anilines is 2. The van der Waals surface area contributed by atoms with Crippen molar-refractivity contribution in [2.24, 2.45) is 0 Å². The Morgan fingerprint density at radius 1 is 0.868 bits per heavy atom. The van der Waals surface area contributed by atoms with Crippen LogP contribution in [0.1, 0.15) is 0 Å². The van der Waals surface area contributed by atoms with Gasteiger partial charge < -0.3 is 10.1 Å². The third kappa shape index (κ3) is 4.74. The Balaban J connectivity index is 1.28. The van der Waals surface area contributed by atoms with E-state index in [0.29, 0.717) is 22.1 Å². The van der Waals surface area contributed by atoms with E-state index >= 15 is 0 Å². The molecule has 0 amide bonds. The molecule has 0 fully saturated rings. The van der Waals surface area contributed by atoms with Crippen LogP contribution in [0.4, 0.5) is 15.9 Å². The van der Waals surface area contributed by atoms with Gasteiger partial charge in [-0.05, 0) is 42.5 Å². The molecule has 0 saturated carbocycles. The lowest BCUT2D eigenvalue weighted by molar-refractivity contribution is 0.416. The minimum atomic E-state index is -0.378. The highest BCUT2D eigenvalue weighted by molar-refractivity contribution is 7.99. The van der Waals surface area contributed by atoms with Gasteiger partial charge in [-0.3, -0.25) is 4.98 Å². The minimum Gasteiger partial charge on any atom is -0.496 e. The number of fused-ring (bicyclic) bond motifs is 2. The van der Waals surface area contributed by atoms with Crippen molar-refractivity contribution in [3.8, 4) is 17.0 Å². The zero-order chi connectivity index (χ0) is 26.1. The first-order valence-electron chi connectivity index (χ1n) is 11.8. The predicted molar refractivity (Wildman–Crippen MR) is 152 cm³/mol. The summed E-state index contributed by atoms with van der Waals surface area (Å²) in [4.78, 5) is 6.26. The molecule has 38 heavy (non-hydrogen) atoms. The van der Waals surface area contributed by atoms with Gasteiger partial charge in [-0.15, -0.1) is 10.2 Å². The molecule has 0 bridgehead atoms. The normalized spacial score (nSPS) is 11.1. The molecule has 0 aliphatic heterocycles. The van der Waals surface area contributed by atoms with E-state index in [2.05, 4.69) is 20.5 Å². The molecular formula is C30H20ClFN4OS. The zero-order valence-corrected chi connectivity index (χ0v) is 21.7. The number of aromatic nitrogens is 3. The molecule has 8 heteroatoms. The molecule has 2 aromatic heterocycles. The molecule has 0 atom stereocenters. The fourth-order valence-corrected chi connectivity index (χ4v) is 5.41. The summed E-state index contributed by atoms with van der Waals surface area (Å²) in [5.41, 5.74) is 3.19. The Morgan fingerprint density at radius 3 is 2.39 bits per heavy atom. The average Bonchev–Trinajstić information content (AvgIpc) is 2.94. The van der Waals surface area contributed by atoms with E-state index in [1.807, 2.05) is 78.9 Å². The van der Waals surface area contributed by atoms with Crippen molar-refractivity contribution in [2.75, 3.05) is 12.4 Å². The first kappa shape index (κ1) is 24.2. The van der Waals surface area contributed by atoms with Crippen LogP contribution in [-0.2, 0) is 0 Å². The smallest absolute Gasteiger partial charge is 0.161 e. The molecule has 0 aliphatic carbocycles. The van der Waals surface area contributed by atoms with E-state index in [9.17, 15) is 4.39 Å². The van der Waals surface area contributed by atoms with E-state index in [-0.39, 0.29) is 5.82 Å². The van der Waals surface area contributed by atoms with Gasteiger partial charge in [0.05, 0.1) is 18.0 Å². The van der Waals surface area contributed by atoms with Gasteiger partial charge in [0.25, 0.3) is 0 Å². The molecule has 1 N–H and O–H groups in total. The van der Waals surface area contributed by atoms with Crippen LogP contribution >= 0.6 is 23.4 Å². The molecule has 0 aliphatic rings. The molecule has 0 radical (unpaired) electrons. The molecule has 4 aromatic carbocycles. The first-order chi connectivity index (χ1) is 18.6. The average molecular weight is 539 g/mol. The van der Waals surface area contributed by atoms with Crippen molar-refractivity contribution >= 4 is 56.5 Å². The maximum atomic E-state index is 13.9. The van der Waals surface area contributed by atoms with Gasteiger partial charge in [0.15, 0.2) is 5.82 Å². The van der Waals surface area contributed by atoms with Crippen molar-refractivity contribution in [3.63, 3.8) is 0 Å². The highest BCUT2D eigenvalue weighted by Gasteiger charge is 2.13. The summed E-state index contributed by atoms with van der Waals surface area (Å²) >= 11 is 7.63. The summed E-state index contributed by atoms with van der Waals surface area (Å²) in [6, 6.07) is 28.4. The lowest BCUT2D eigenvalue weighted by atomic mass is 10.0. The number of nitrogens with zero attached hydrogens (tertiary/aromatic N) is 3. The number of hydrogen-bond donors (Lipinski definition) is 1. The SMILES string of the molecule is COc1cc(F)cc2nccc(Sc3ccc(Nc4nnc(-c5ccc(Cl)cc5)c5ccccc45)cc3)c12. The second kappa shape index (κ2) is 10.3. The first-order valence-corrected chi connectivity index (χ1v) is 13.0. The fraction of sp³-hybridized carbons (Fsp3) is 0.0333. The van der Waals surface area contributed by atoms with E-state index in [1.165, 1.54) is 19.2 Å². The van der Waals surface area contributed by atoms with Gasteiger partial charge in [0.1, 0.15) is 17.3 Å². The van der Waals surface area contributed by atoms with E-state index in [4.69, 9.17) is 16.3 Å². The molecule has 2 heterocycles. The quantitative estimate of drug-likeness (QED) is 0.229. The number of pyridine rings is 1. The molecule has 186 valence electrons. The molecule has 0 unspecified atom stereocenters. The van der Waals surface area contributed by atoms with Crippen LogP contribution in [0.5, 0.6) is 5.75 Å². The lowest BCUT2D eigenvalue weighted by Gasteiger charge is -2.12. The Bertz CT molecular complexity index is 1780. The molecule has 6 aromatic rings. The number of hydrogen-bond acceptors (Lipinski definition) is 6. The molecule has 0 saturated heterocycles. The number of methoxy groups -OCH3 is 1. The zero-order valence-electron chi connectivity index (χ0n) is 20.2. The van der Waals surface area contributed by atoms with Crippen LogP contribution in [0, 0.1) is 5.82 Å². The number of halogens is 2. The summed E-state index contributed by atoms with van der Waals surface area (Å²) in [7, 11) is 1.53. The molecule has 6 rings (SSSR count). The second-order valence-electron chi connectivity index (χ2n) is 8.51. The summed E-state index contributed by atoms with van der Waals surface area (Å²) in [6.07, 6.45) is 1.68. The fourth-order valence-electron chi connectivity index (χ4n) is 4.32. The van der Waals surface area contributed by atoms with Crippen LogP contribution in [0.15, 0.2) is 107 Å². The van der Waals surface area contributed by atoms with Crippen LogP contribution in [0.2, 0.25) is 5.02 Å². The van der Waals surface area contributed by atoms with Crippen LogP contribution < -0.4 is 10.1 Å². The van der Waals surface area contributed by atoms with E-state index in [1.54, 1.807) is 18.0 Å². The van der Waals surface area contributed by atoms with Crippen LogP contribution in [-0.4, -0.2) is 22.3 Å². The highest BCUT2D eigenvalue weighted by Crippen LogP contribution is 2.38. The van der Waals surface area contributed by atoms with Gasteiger partial charge in [-0.2, -0.15) is 0 Å². The Kier molecular flexibility index (Phi) is 6.54. The van der Waals surface area contributed by atoms with Crippen LogP contribution in [0.25, 0.3) is 32.9 Å². The largest absolute Gasteiger partial charge is 0.496 e. The van der Waals surface area contributed by atoms with Gasteiger partial charge in [0.2, 0.25) is 0 Å². The highest BCUT2D eigenvalue weighted by atomic mass is 35.5. The monoisotopic (exact) mass is 538 g/mol. The maximum Gasteiger partial charge on any atom is 0.161 e.